The van der Waals surface area contributed by atoms with Crippen molar-refractivity contribution in [1.29, 1.82) is 0 Å². The fourth-order valence-corrected chi connectivity index (χ4v) is 13.6. The van der Waals surface area contributed by atoms with Gasteiger partial charge in [0.2, 0.25) is 6.71 Å². The van der Waals surface area contributed by atoms with Gasteiger partial charge in [-0.2, -0.15) is 0 Å². The van der Waals surface area contributed by atoms with Gasteiger partial charge in [0, 0.05) is 65.8 Å². The van der Waals surface area contributed by atoms with Crippen LogP contribution in [0.15, 0.2) is 231 Å². The summed E-state index contributed by atoms with van der Waals surface area (Å²) in [6, 6.07) is 86.4. The lowest BCUT2D eigenvalue weighted by molar-refractivity contribution is 1.13. The number of rotatable bonds is 7. The van der Waals surface area contributed by atoms with Crippen molar-refractivity contribution in [2.24, 2.45) is 0 Å². The molecular formula is C71H53BN4. The number of nitrogens with zero attached hydrogens (tertiary/aromatic N) is 4. The van der Waals surface area contributed by atoms with Crippen molar-refractivity contribution >= 4 is 110 Å². The Morgan fingerprint density at radius 3 is 1.24 bits per heavy atom. The van der Waals surface area contributed by atoms with E-state index in [9.17, 15) is 0 Å². The quantitative estimate of drug-likeness (QED) is 0.142. The summed E-state index contributed by atoms with van der Waals surface area (Å²) in [4.78, 5) is 0. The molecule has 15 rings (SSSR count). The van der Waals surface area contributed by atoms with Crippen molar-refractivity contribution in [3.05, 3.63) is 258 Å². The Morgan fingerprint density at radius 1 is 0.276 bits per heavy atom. The largest absolute Gasteiger partial charge is 0.309 e. The molecule has 11 aromatic carbocycles. The second-order valence-corrected chi connectivity index (χ2v) is 21.2. The molecule has 0 N–H and O–H groups in total. The van der Waals surface area contributed by atoms with E-state index in [4.69, 9.17) is 0 Å². The predicted molar refractivity (Wildman–Crippen MR) is 325 cm³/mol. The van der Waals surface area contributed by atoms with Gasteiger partial charge < -0.3 is 18.3 Å². The van der Waals surface area contributed by atoms with Crippen LogP contribution in [-0.4, -0.2) is 25.0 Å². The minimum absolute atomic E-state index is 0.0795. The molecule has 15 aromatic rings. The Balaban J connectivity index is 1.13. The van der Waals surface area contributed by atoms with Crippen molar-refractivity contribution < 1.29 is 0 Å². The average Bonchev–Trinajstić information content (AvgIpc) is 4.38. The second kappa shape index (κ2) is 16.9. The van der Waals surface area contributed by atoms with E-state index >= 15 is 0 Å². The minimum Gasteiger partial charge on any atom is -0.309 e. The second-order valence-electron chi connectivity index (χ2n) is 21.2. The SMILES string of the molecule is Cc1ccc(B(c2cc(-n3c4ccccc4c4c3ccc3c5ccccc5n(-c5ccccc5)c34)cc(-n3c4ccccc4c4ccc5c6ccccc6n(-c6ccccc6)c5c43)c2)c2c(C)cc(C)cc2C)c(C)c1. The highest BCUT2D eigenvalue weighted by Gasteiger charge is 2.30. The summed E-state index contributed by atoms with van der Waals surface area (Å²) in [7, 11) is 0. The molecule has 0 aliphatic carbocycles. The molecule has 0 aliphatic heterocycles. The first-order valence-corrected chi connectivity index (χ1v) is 26.6. The van der Waals surface area contributed by atoms with Gasteiger partial charge in [0.15, 0.2) is 0 Å². The topological polar surface area (TPSA) is 19.7 Å². The lowest BCUT2D eigenvalue weighted by Crippen LogP contribution is -2.55. The van der Waals surface area contributed by atoms with Crippen LogP contribution in [0.1, 0.15) is 27.8 Å². The van der Waals surface area contributed by atoms with Crippen LogP contribution in [0, 0.1) is 34.6 Å². The summed E-state index contributed by atoms with van der Waals surface area (Å²) >= 11 is 0. The third-order valence-corrected chi connectivity index (χ3v) is 16.5. The highest BCUT2D eigenvalue weighted by atomic mass is 15.1. The molecule has 0 spiro atoms. The molecule has 4 aromatic heterocycles. The van der Waals surface area contributed by atoms with Crippen LogP contribution in [-0.2, 0) is 0 Å². The summed E-state index contributed by atoms with van der Waals surface area (Å²) < 4.78 is 10.1. The molecule has 0 saturated heterocycles. The molecule has 0 fully saturated rings. The number of aryl methyl sites for hydroxylation is 5. The zero-order chi connectivity index (χ0) is 50.9. The Labute approximate surface area is 442 Å². The molecule has 5 heteroatoms. The summed E-state index contributed by atoms with van der Waals surface area (Å²) in [5, 5.41) is 9.85. The van der Waals surface area contributed by atoms with Gasteiger partial charge in [-0.05, 0) is 107 Å². The van der Waals surface area contributed by atoms with Gasteiger partial charge >= 0.3 is 0 Å². The van der Waals surface area contributed by atoms with Crippen LogP contribution in [0.25, 0.3) is 110 Å². The Kier molecular flexibility index (Phi) is 9.80. The highest BCUT2D eigenvalue weighted by molar-refractivity contribution is 6.96. The molecule has 0 saturated carbocycles. The predicted octanol–water partition coefficient (Wildman–Crippen LogP) is 16.1. The van der Waals surface area contributed by atoms with Crippen molar-refractivity contribution in [1.82, 2.24) is 18.3 Å². The van der Waals surface area contributed by atoms with Gasteiger partial charge in [0.25, 0.3) is 0 Å². The maximum atomic E-state index is 2.59. The van der Waals surface area contributed by atoms with E-state index in [-0.39, 0.29) is 6.71 Å². The minimum atomic E-state index is -0.0795. The van der Waals surface area contributed by atoms with Gasteiger partial charge in [-0.25, -0.2) is 0 Å². The molecule has 0 radical (unpaired) electrons. The molecule has 0 amide bonds. The van der Waals surface area contributed by atoms with Crippen LogP contribution >= 0.6 is 0 Å². The van der Waals surface area contributed by atoms with Crippen LogP contribution in [0.5, 0.6) is 0 Å². The van der Waals surface area contributed by atoms with E-state index in [1.165, 1.54) is 120 Å². The zero-order valence-electron chi connectivity index (χ0n) is 43.3. The monoisotopic (exact) mass is 972 g/mol. The van der Waals surface area contributed by atoms with Crippen LogP contribution < -0.4 is 16.4 Å². The lowest BCUT2D eigenvalue weighted by Gasteiger charge is -2.25. The van der Waals surface area contributed by atoms with E-state index in [0.717, 1.165) is 33.8 Å². The first-order valence-electron chi connectivity index (χ1n) is 26.6. The summed E-state index contributed by atoms with van der Waals surface area (Å²) in [5.41, 5.74) is 24.3. The molecule has 360 valence electrons. The van der Waals surface area contributed by atoms with Gasteiger partial charge in [0.05, 0.1) is 44.1 Å². The number of hydrogen-bond acceptors (Lipinski definition) is 0. The molecule has 0 bridgehead atoms. The number of fused-ring (bicyclic) bond motifs is 14. The fraction of sp³-hybridized carbons (Fsp3) is 0.0704. The first-order chi connectivity index (χ1) is 37.3. The van der Waals surface area contributed by atoms with Gasteiger partial charge in [-0.15, -0.1) is 0 Å². The van der Waals surface area contributed by atoms with Crippen molar-refractivity contribution in [2.75, 3.05) is 0 Å². The maximum Gasteiger partial charge on any atom is 0.242 e. The Bertz CT molecular complexity index is 4850. The molecule has 4 heterocycles. The van der Waals surface area contributed by atoms with Crippen molar-refractivity contribution in [2.45, 2.75) is 34.6 Å². The smallest absolute Gasteiger partial charge is 0.242 e. The average molecular weight is 973 g/mol. The number of para-hydroxylation sites is 6. The molecule has 0 aliphatic rings. The van der Waals surface area contributed by atoms with E-state index in [0.29, 0.717) is 0 Å². The standard InChI is InChI=1S/C71H53BN4/c1-44-32-36-61(46(3)38-44)72(68-47(4)39-45(2)40-48(68)5)49-41-52(73-65-31-19-15-27-60(65)67-66(73)37-35-57-54-24-12-16-28-62(54)74(69(57)67)50-20-8-6-9-21-50)43-53(42-49)76-64-30-18-14-26-56(64)59-34-33-58-55-25-13-17-29-63(55)75(70(58)71(59)76)51-22-10-7-11-23-51/h6-43H,1-5H3. The van der Waals surface area contributed by atoms with Gasteiger partial charge in [-0.3, -0.25) is 0 Å². The van der Waals surface area contributed by atoms with Crippen LogP contribution in [0.2, 0.25) is 0 Å². The van der Waals surface area contributed by atoms with Crippen molar-refractivity contribution in [3.63, 3.8) is 0 Å². The zero-order valence-corrected chi connectivity index (χ0v) is 43.3. The number of benzene rings is 11. The van der Waals surface area contributed by atoms with E-state index < -0.39 is 0 Å². The molecule has 0 atom stereocenters. The normalized spacial score (nSPS) is 12.0. The first kappa shape index (κ1) is 44.2. The third-order valence-electron chi connectivity index (χ3n) is 16.5. The number of aromatic nitrogens is 4. The van der Waals surface area contributed by atoms with Crippen LogP contribution in [0.3, 0.4) is 0 Å². The molecule has 0 unspecified atom stereocenters. The maximum absolute atomic E-state index is 2.59. The molecular weight excluding hydrogens is 920 g/mol. The molecule has 76 heavy (non-hydrogen) atoms. The van der Waals surface area contributed by atoms with Crippen LogP contribution in [0.4, 0.5) is 0 Å². The van der Waals surface area contributed by atoms with E-state index in [1.54, 1.807) is 0 Å². The van der Waals surface area contributed by atoms with E-state index in [1.807, 2.05) is 0 Å². The van der Waals surface area contributed by atoms with E-state index in [2.05, 4.69) is 283 Å². The number of hydrogen-bond donors (Lipinski definition) is 0. The Morgan fingerprint density at radius 2 is 0.697 bits per heavy atom. The van der Waals surface area contributed by atoms with Gasteiger partial charge in [0.1, 0.15) is 0 Å². The fourth-order valence-electron chi connectivity index (χ4n) is 13.6. The molecule has 4 nitrogen and oxygen atoms in total. The third kappa shape index (κ3) is 6.45. The van der Waals surface area contributed by atoms with Crippen molar-refractivity contribution in [3.8, 4) is 22.7 Å². The summed E-state index contributed by atoms with van der Waals surface area (Å²) in [5.74, 6) is 0. The highest BCUT2D eigenvalue weighted by Crippen LogP contribution is 2.44. The van der Waals surface area contributed by atoms with Gasteiger partial charge in [-0.1, -0.05) is 202 Å². The summed E-state index contributed by atoms with van der Waals surface area (Å²) in [6.07, 6.45) is 0. The lowest BCUT2D eigenvalue weighted by atomic mass is 9.34. The Hall–Kier alpha value is -9.32. The summed E-state index contributed by atoms with van der Waals surface area (Å²) in [6.45, 7) is 11.3.